The van der Waals surface area contributed by atoms with Crippen LogP contribution in [0, 0.1) is 5.92 Å². The Bertz CT molecular complexity index is 827. The second kappa shape index (κ2) is 8.85. The van der Waals surface area contributed by atoms with E-state index < -0.39 is 17.6 Å². The fraction of sp³-hybridized carbons (Fsp3) is 0.500. The quantitative estimate of drug-likeness (QED) is 0.592. The Kier molecular flexibility index (Phi) is 6.80. The number of aryl methyl sites for hydroxylation is 1. The number of carboxylic acids is 1. The zero-order chi connectivity index (χ0) is 19.3. The smallest absolute Gasteiger partial charge is 0.336 e. The van der Waals surface area contributed by atoms with Crippen LogP contribution in [-0.4, -0.2) is 22.2 Å². The number of hydrogen-bond donors (Lipinski definition) is 3. The number of fused-ring (bicyclic) bond motifs is 1. The van der Waals surface area contributed by atoms with Crippen LogP contribution in [0.1, 0.15) is 51.2 Å². The molecule has 2 unspecified atom stereocenters. The van der Waals surface area contributed by atoms with Gasteiger partial charge in [-0.05, 0) is 36.5 Å². The van der Waals surface area contributed by atoms with Crippen molar-refractivity contribution in [3.05, 3.63) is 39.7 Å². The zero-order valence-electron chi connectivity index (χ0n) is 15.5. The van der Waals surface area contributed by atoms with Gasteiger partial charge >= 0.3 is 11.6 Å². The summed E-state index contributed by atoms with van der Waals surface area (Å²) in [5, 5.41) is 23.4. The third kappa shape index (κ3) is 4.43. The summed E-state index contributed by atoms with van der Waals surface area (Å²) >= 11 is 0. The molecule has 3 N–H and O–H groups in total. The molecule has 0 aliphatic carbocycles. The highest BCUT2D eigenvalue weighted by atomic mass is 16.4. The molecule has 0 fully saturated rings. The number of aromatic hydroxyl groups is 1. The second-order valence-corrected chi connectivity index (χ2v) is 6.72. The summed E-state index contributed by atoms with van der Waals surface area (Å²) in [7, 11) is 0. The molecular formula is C20H27NO5. The fourth-order valence-corrected chi connectivity index (χ4v) is 3.06. The van der Waals surface area contributed by atoms with E-state index in [0.29, 0.717) is 17.6 Å². The molecule has 1 heterocycles. The van der Waals surface area contributed by atoms with Gasteiger partial charge in [0, 0.05) is 18.0 Å². The third-order valence-electron chi connectivity index (χ3n) is 4.85. The predicted octanol–water partition coefficient (Wildman–Crippen LogP) is 3.43. The van der Waals surface area contributed by atoms with E-state index in [2.05, 4.69) is 12.2 Å². The van der Waals surface area contributed by atoms with Crippen LogP contribution >= 0.6 is 0 Å². The molecule has 142 valence electrons. The maximum atomic E-state index is 12.0. The number of nitrogens with one attached hydrogen (secondary N) is 1. The summed E-state index contributed by atoms with van der Waals surface area (Å²) in [6, 6.07) is 4.05. The van der Waals surface area contributed by atoms with E-state index in [0.717, 1.165) is 30.2 Å². The van der Waals surface area contributed by atoms with Gasteiger partial charge in [0.15, 0.2) is 0 Å². The van der Waals surface area contributed by atoms with Crippen LogP contribution in [0.3, 0.4) is 0 Å². The second-order valence-electron chi connectivity index (χ2n) is 6.72. The molecule has 0 aliphatic rings. The summed E-state index contributed by atoms with van der Waals surface area (Å²) in [6.07, 6.45) is 3.41. The number of phenolic OH excluding ortho intramolecular Hbond substituents is 1. The average molecular weight is 361 g/mol. The first kappa shape index (κ1) is 20.0. The molecule has 1 aromatic carbocycles. The molecule has 0 radical (unpaired) electrons. The minimum Gasteiger partial charge on any atom is -0.507 e. The molecule has 0 saturated carbocycles. The molecule has 6 nitrogen and oxygen atoms in total. The SMILES string of the molecule is CCCCc1cc(=O)oc2c(CNC(C(=O)O)C(C)CC)c(O)ccc12. The van der Waals surface area contributed by atoms with Crippen molar-refractivity contribution in [2.24, 2.45) is 5.92 Å². The average Bonchev–Trinajstić information content (AvgIpc) is 2.60. The first-order valence-electron chi connectivity index (χ1n) is 9.12. The van der Waals surface area contributed by atoms with E-state index in [1.165, 1.54) is 6.07 Å². The van der Waals surface area contributed by atoms with Crippen molar-refractivity contribution in [2.45, 2.75) is 59.0 Å². The highest BCUT2D eigenvalue weighted by Gasteiger charge is 2.24. The largest absolute Gasteiger partial charge is 0.507 e. The highest BCUT2D eigenvalue weighted by Crippen LogP contribution is 2.29. The summed E-state index contributed by atoms with van der Waals surface area (Å²) in [6.45, 7) is 5.97. The normalized spacial score (nSPS) is 13.7. The minimum absolute atomic E-state index is 0.0194. The van der Waals surface area contributed by atoms with Gasteiger partial charge in [0.25, 0.3) is 0 Å². The van der Waals surface area contributed by atoms with Crippen LogP contribution in [0.15, 0.2) is 27.4 Å². The van der Waals surface area contributed by atoms with Crippen LogP contribution in [0.5, 0.6) is 5.75 Å². The molecule has 0 amide bonds. The topological polar surface area (TPSA) is 99.8 Å². The number of aliphatic carboxylic acids is 1. The molecule has 0 spiro atoms. The van der Waals surface area contributed by atoms with E-state index in [-0.39, 0.29) is 18.2 Å². The highest BCUT2D eigenvalue weighted by molar-refractivity contribution is 5.85. The molecule has 2 rings (SSSR count). The first-order valence-corrected chi connectivity index (χ1v) is 9.12. The molecule has 1 aromatic heterocycles. The maximum Gasteiger partial charge on any atom is 0.336 e. The van der Waals surface area contributed by atoms with Gasteiger partial charge in [0.1, 0.15) is 17.4 Å². The molecular weight excluding hydrogens is 334 g/mol. The standard InChI is InChI=1S/C20H27NO5/c1-4-6-7-13-10-17(23)26-19-14(13)8-9-16(22)15(19)11-21-18(20(24)25)12(3)5-2/h8-10,12,18,21-22H,4-7,11H2,1-3H3,(H,24,25). The van der Waals surface area contributed by atoms with Crippen molar-refractivity contribution in [2.75, 3.05) is 0 Å². The third-order valence-corrected chi connectivity index (χ3v) is 4.85. The number of hydrogen-bond acceptors (Lipinski definition) is 5. The lowest BCUT2D eigenvalue weighted by molar-refractivity contribution is -0.140. The van der Waals surface area contributed by atoms with E-state index >= 15 is 0 Å². The number of unbranched alkanes of at least 4 members (excludes halogenated alkanes) is 1. The Morgan fingerprint density at radius 3 is 2.65 bits per heavy atom. The Hall–Kier alpha value is -2.34. The van der Waals surface area contributed by atoms with Crippen molar-refractivity contribution in [3.63, 3.8) is 0 Å². The monoisotopic (exact) mass is 361 g/mol. The minimum atomic E-state index is -0.941. The number of phenols is 1. The van der Waals surface area contributed by atoms with Gasteiger partial charge in [0.2, 0.25) is 0 Å². The van der Waals surface area contributed by atoms with Crippen molar-refractivity contribution in [3.8, 4) is 5.75 Å². The molecule has 6 heteroatoms. The first-order chi connectivity index (χ1) is 12.4. The Morgan fingerprint density at radius 1 is 1.31 bits per heavy atom. The molecule has 0 bridgehead atoms. The zero-order valence-corrected chi connectivity index (χ0v) is 15.5. The summed E-state index contributed by atoms with van der Waals surface area (Å²) < 4.78 is 5.37. The molecule has 26 heavy (non-hydrogen) atoms. The van der Waals surface area contributed by atoms with E-state index in [4.69, 9.17) is 4.42 Å². The van der Waals surface area contributed by atoms with Crippen molar-refractivity contribution in [1.82, 2.24) is 5.32 Å². The molecule has 0 aliphatic heterocycles. The maximum absolute atomic E-state index is 12.0. The van der Waals surface area contributed by atoms with Crippen LogP contribution in [0.4, 0.5) is 0 Å². The Morgan fingerprint density at radius 2 is 2.04 bits per heavy atom. The lowest BCUT2D eigenvalue weighted by Crippen LogP contribution is -2.41. The van der Waals surface area contributed by atoms with Gasteiger partial charge in [0.05, 0.1) is 5.56 Å². The van der Waals surface area contributed by atoms with Crippen LogP contribution in [-0.2, 0) is 17.8 Å². The predicted molar refractivity (Wildman–Crippen MR) is 100 cm³/mol. The van der Waals surface area contributed by atoms with Crippen molar-refractivity contribution in [1.29, 1.82) is 0 Å². The van der Waals surface area contributed by atoms with E-state index in [1.54, 1.807) is 12.1 Å². The lowest BCUT2D eigenvalue weighted by Gasteiger charge is -2.21. The number of carboxylic acid groups (broad SMARTS) is 1. The van der Waals surface area contributed by atoms with Gasteiger partial charge in [-0.1, -0.05) is 33.6 Å². The number of benzene rings is 1. The summed E-state index contributed by atoms with van der Waals surface area (Å²) in [5.41, 5.74) is 1.15. The van der Waals surface area contributed by atoms with Crippen LogP contribution in [0.25, 0.3) is 11.0 Å². The van der Waals surface area contributed by atoms with Gasteiger partial charge in [-0.25, -0.2) is 4.79 Å². The van der Waals surface area contributed by atoms with Gasteiger partial charge < -0.3 is 14.6 Å². The lowest BCUT2D eigenvalue weighted by atomic mass is 9.98. The number of carbonyl (C=O) groups is 1. The number of rotatable bonds is 9. The molecule has 2 aromatic rings. The fourth-order valence-electron chi connectivity index (χ4n) is 3.06. The summed E-state index contributed by atoms with van der Waals surface area (Å²) in [4.78, 5) is 23.5. The molecule has 2 atom stereocenters. The Labute approximate surface area is 152 Å². The van der Waals surface area contributed by atoms with Gasteiger partial charge in [-0.15, -0.1) is 0 Å². The van der Waals surface area contributed by atoms with Crippen molar-refractivity contribution < 1.29 is 19.4 Å². The summed E-state index contributed by atoms with van der Waals surface area (Å²) in [5.74, 6) is -1.03. The van der Waals surface area contributed by atoms with Gasteiger partial charge in [-0.2, -0.15) is 0 Å². The van der Waals surface area contributed by atoms with Crippen molar-refractivity contribution >= 4 is 16.9 Å². The van der Waals surface area contributed by atoms with E-state index in [1.807, 2.05) is 13.8 Å². The van der Waals surface area contributed by atoms with Crippen LogP contribution < -0.4 is 10.9 Å². The van der Waals surface area contributed by atoms with E-state index in [9.17, 15) is 19.8 Å². The Balaban J connectivity index is 2.43. The molecule has 0 saturated heterocycles. The van der Waals surface area contributed by atoms with Gasteiger partial charge in [-0.3, -0.25) is 10.1 Å². The van der Waals surface area contributed by atoms with Crippen LogP contribution in [0.2, 0.25) is 0 Å².